The maximum Gasteiger partial charge on any atom is 0.251 e. The van der Waals surface area contributed by atoms with Gasteiger partial charge >= 0.3 is 0 Å². The van der Waals surface area contributed by atoms with E-state index in [-0.39, 0.29) is 5.91 Å². The van der Waals surface area contributed by atoms with Gasteiger partial charge in [0.2, 0.25) is 0 Å². The largest absolute Gasteiger partial charge is 0.349 e. The number of benzene rings is 1. The van der Waals surface area contributed by atoms with E-state index < -0.39 is 0 Å². The fourth-order valence-electron chi connectivity index (χ4n) is 2.78. The van der Waals surface area contributed by atoms with E-state index in [4.69, 9.17) is 0 Å². The highest BCUT2D eigenvalue weighted by molar-refractivity contribution is 5.94. The van der Waals surface area contributed by atoms with Crippen molar-refractivity contribution in [3.05, 3.63) is 34.9 Å². The Morgan fingerprint density at radius 3 is 2.17 bits per heavy atom. The molecule has 1 aliphatic carbocycles. The van der Waals surface area contributed by atoms with E-state index in [1.54, 1.807) is 0 Å². The van der Waals surface area contributed by atoms with Gasteiger partial charge in [0.15, 0.2) is 0 Å². The highest BCUT2D eigenvalue weighted by Crippen LogP contribution is 2.23. The molecule has 0 saturated heterocycles. The number of amides is 1. The number of hydrogen-bond donors (Lipinski definition) is 1. The first kappa shape index (κ1) is 13.1. The summed E-state index contributed by atoms with van der Waals surface area (Å²) >= 11 is 0. The van der Waals surface area contributed by atoms with E-state index in [1.807, 2.05) is 26.0 Å². The molecule has 0 aliphatic heterocycles. The van der Waals surface area contributed by atoms with Crippen LogP contribution in [0.4, 0.5) is 0 Å². The van der Waals surface area contributed by atoms with Crippen molar-refractivity contribution < 1.29 is 4.79 Å². The van der Waals surface area contributed by atoms with Gasteiger partial charge in [-0.15, -0.1) is 0 Å². The summed E-state index contributed by atoms with van der Waals surface area (Å²) in [5, 5.41) is 3.17. The summed E-state index contributed by atoms with van der Waals surface area (Å²) in [6.45, 7) is 6.36. The third-order valence-corrected chi connectivity index (χ3v) is 3.83. The Labute approximate surface area is 110 Å². The van der Waals surface area contributed by atoms with Crippen LogP contribution in [0.3, 0.4) is 0 Å². The van der Waals surface area contributed by atoms with Gasteiger partial charge in [-0.1, -0.05) is 24.1 Å². The molecule has 1 aromatic rings. The van der Waals surface area contributed by atoms with E-state index in [0.29, 0.717) is 6.04 Å². The zero-order valence-electron chi connectivity index (χ0n) is 11.6. The Kier molecular flexibility index (Phi) is 4.05. The van der Waals surface area contributed by atoms with Gasteiger partial charge in [-0.2, -0.15) is 0 Å². The second-order valence-corrected chi connectivity index (χ2v) is 5.81. The monoisotopic (exact) mass is 245 g/mol. The lowest BCUT2D eigenvalue weighted by atomic mass is 9.87. The third kappa shape index (κ3) is 3.34. The second-order valence-electron chi connectivity index (χ2n) is 5.81. The number of carbonyl (C=O) groups excluding carboxylic acids is 1. The summed E-state index contributed by atoms with van der Waals surface area (Å²) < 4.78 is 0. The lowest BCUT2D eigenvalue weighted by Crippen LogP contribution is -2.37. The standard InChI is InChI=1S/C16H23NO/c1-11-4-6-15(7-5-11)17-16(18)14-9-12(2)8-13(3)10-14/h8-11,15H,4-7H2,1-3H3,(H,17,18). The van der Waals surface area contributed by atoms with Crippen LogP contribution in [-0.2, 0) is 0 Å². The topological polar surface area (TPSA) is 29.1 Å². The predicted molar refractivity (Wildman–Crippen MR) is 74.8 cm³/mol. The molecule has 2 rings (SSSR count). The molecule has 1 aliphatic rings. The molecule has 1 N–H and O–H groups in total. The Morgan fingerprint density at radius 2 is 1.61 bits per heavy atom. The lowest BCUT2D eigenvalue weighted by Gasteiger charge is -2.27. The van der Waals surface area contributed by atoms with Crippen LogP contribution < -0.4 is 5.32 Å². The molecule has 0 aromatic heterocycles. The quantitative estimate of drug-likeness (QED) is 0.847. The van der Waals surface area contributed by atoms with Gasteiger partial charge < -0.3 is 5.32 Å². The van der Waals surface area contributed by atoms with Gasteiger partial charge in [-0.25, -0.2) is 0 Å². The van der Waals surface area contributed by atoms with Crippen LogP contribution in [0.1, 0.15) is 54.1 Å². The average Bonchev–Trinajstić information content (AvgIpc) is 2.31. The first-order valence-electron chi connectivity index (χ1n) is 6.94. The summed E-state index contributed by atoms with van der Waals surface area (Å²) in [4.78, 5) is 12.2. The molecule has 0 spiro atoms. The van der Waals surface area contributed by atoms with Crippen LogP contribution >= 0.6 is 0 Å². The Hall–Kier alpha value is -1.31. The molecule has 1 aromatic carbocycles. The Morgan fingerprint density at radius 1 is 1.06 bits per heavy atom. The van der Waals surface area contributed by atoms with Crippen molar-refractivity contribution in [1.29, 1.82) is 0 Å². The lowest BCUT2D eigenvalue weighted by molar-refractivity contribution is 0.0923. The SMILES string of the molecule is Cc1cc(C)cc(C(=O)NC2CCC(C)CC2)c1. The summed E-state index contributed by atoms with van der Waals surface area (Å²) in [5.74, 6) is 0.903. The molecule has 0 radical (unpaired) electrons. The molecule has 2 heteroatoms. The van der Waals surface area contributed by atoms with Crippen molar-refractivity contribution in [3.63, 3.8) is 0 Å². The first-order valence-corrected chi connectivity index (χ1v) is 6.94. The third-order valence-electron chi connectivity index (χ3n) is 3.83. The van der Waals surface area contributed by atoms with Crippen molar-refractivity contribution >= 4 is 5.91 Å². The van der Waals surface area contributed by atoms with Crippen LogP contribution in [0.25, 0.3) is 0 Å². The highest BCUT2D eigenvalue weighted by atomic mass is 16.1. The minimum Gasteiger partial charge on any atom is -0.349 e. The van der Waals surface area contributed by atoms with Gasteiger partial charge in [0.25, 0.3) is 5.91 Å². The Balaban J connectivity index is 1.99. The maximum atomic E-state index is 12.2. The van der Waals surface area contributed by atoms with Crippen molar-refractivity contribution in [3.8, 4) is 0 Å². The van der Waals surface area contributed by atoms with Crippen LogP contribution in [0.5, 0.6) is 0 Å². The molecule has 0 unspecified atom stereocenters. The molecule has 2 nitrogen and oxygen atoms in total. The number of nitrogens with one attached hydrogen (secondary N) is 1. The summed E-state index contributed by atoms with van der Waals surface area (Å²) in [6.07, 6.45) is 4.71. The smallest absolute Gasteiger partial charge is 0.251 e. The van der Waals surface area contributed by atoms with E-state index in [9.17, 15) is 4.79 Å². The zero-order valence-corrected chi connectivity index (χ0v) is 11.6. The van der Waals surface area contributed by atoms with Gasteiger partial charge in [0.1, 0.15) is 0 Å². The normalized spacial score (nSPS) is 23.7. The number of hydrogen-bond acceptors (Lipinski definition) is 1. The van der Waals surface area contributed by atoms with Gasteiger partial charge in [0.05, 0.1) is 0 Å². The molecule has 98 valence electrons. The maximum absolute atomic E-state index is 12.2. The molecular formula is C16H23NO. The van der Waals surface area contributed by atoms with Gasteiger partial charge in [-0.05, 0) is 57.6 Å². The van der Waals surface area contributed by atoms with Crippen molar-refractivity contribution in [2.75, 3.05) is 0 Å². The fraction of sp³-hybridized carbons (Fsp3) is 0.562. The van der Waals surface area contributed by atoms with Gasteiger partial charge in [-0.3, -0.25) is 4.79 Å². The van der Waals surface area contributed by atoms with Crippen LogP contribution in [0, 0.1) is 19.8 Å². The molecule has 1 amide bonds. The zero-order chi connectivity index (χ0) is 13.1. The van der Waals surface area contributed by atoms with Crippen molar-refractivity contribution in [2.24, 2.45) is 5.92 Å². The summed E-state index contributed by atoms with van der Waals surface area (Å²) in [5.41, 5.74) is 3.10. The molecule has 1 fully saturated rings. The molecule has 18 heavy (non-hydrogen) atoms. The van der Waals surface area contributed by atoms with Crippen LogP contribution in [0.2, 0.25) is 0 Å². The number of rotatable bonds is 2. The van der Waals surface area contributed by atoms with E-state index in [0.717, 1.165) is 35.4 Å². The van der Waals surface area contributed by atoms with E-state index in [1.165, 1.54) is 12.8 Å². The summed E-state index contributed by atoms with van der Waals surface area (Å²) in [6, 6.07) is 6.40. The average molecular weight is 245 g/mol. The van der Waals surface area contributed by atoms with Crippen LogP contribution in [0.15, 0.2) is 18.2 Å². The van der Waals surface area contributed by atoms with E-state index in [2.05, 4.69) is 18.3 Å². The van der Waals surface area contributed by atoms with E-state index >= 15 is 0 Å². The fourth-order valence-corrected chi connectivity index (χ4v) is 2.78. The molecule has 0 atom stereocenters. The number of carbonyl (C=O) groups is 1. The Bertz CT molecular complexity index is 410. The first-order chi connectivity index (χ1) is 8.54. The predicted octanol–water partition coefficient (Wildman–Crippen LogP) is 3.61. The molecule has 0 heterocycles. The van der Waals surface area contributed by atoms with Crippen LogP contribution in [-0.4, -0.2) is 11.9 Å². The van der Waals surface area contributed by atoms with Crippen molar-refractivity contribution in [2.45, 2.75) is 52.5 Å². The minimum absolute atomic E-state index is 0.0846. The minimum atomic E-state index is 0.0846. The number of aryl methyl sites for hydroxylation is 2. The van der Waals surface area contributed by atoms with Crippen molar-refractivity contribution in [1.82, 2.24) is 5.32 Å². The second kappa shape index (κ2) is 5.55. The molecule has 0 bridgehead atoms. The van der Waals surface area contributed by atoms with Gasteiger partial charge in [0, 0.05) is 11.6 Å². The highest BCUT2D eigenvalue weighted by Gasteiger charge is 2.20. The summed E-state index contributed by atoms with van der Waals surface area (Å²) in [7, 11) is 0. The molecule has 1 saturated carbocycles. The molecular weight excluding hydrogens is 222 g/mol.